The van der Waals surface area contributed by atoms with Crippen molar-refractivity contribution < 1.29 is 14.3 Å². The number of Topliss-reactive ketones (excluding diaryl/α,β-unsaturated/α-hetero) is 1. The number of carbonyl (C=O) groups excluding carboxylic acids is 2. The third kappa shape index (κ3) is 4.79. The molecule has 0 atom stereocenters. The zero-order chi connectivity index (χ0) is 11.8. The Morgan fingerprint density at radius 1 is 1.25 bits per heavy atom. The number of hydrogen-bond donors (Lipinski definition) is 1. The van der Waals surface area contributed by atoms with Crippen LogP contribution in [0.5, 0.6) is 0 Å². The van der Waals surface area contributed by atoms with Crippen molar-refractivity contribution in [2.24, 2.45) is 0 Å². The van der Waals surface area contributed by atoms with Crippen LogP contribution in [0.15, 0.2) is 30.3 Å². The Kier molecular flexibility index (Phi) is 5.36. The minimum Gasteiger partial charge on any atom is -0.445 e. The molecule has 0 heterocycles. The SMILES string of the molecule is O=C(CCl)CNC(=O)OCc1ccccc1. The fourth-order valence-electron chi connectivity index (χ4n) is 0.992. The zero-order valence-electron chi connectivity index (χ0n) is 8.61. The first kappa shape index (κ1) is 12.5. The van der Waals surface area contributed by atoms with Crippen molar-refractivity contribution >= 4 is 23.5 Å². The average Bonchev–Trinajstić information content (AvgIpc) is 2.34. The molecule has 0 radical (unpaired) electrons. The molecule has 1 N–H and O–H groups in total. The predicted octanol–water partition coefficient (Wildman–Crippen LogP) is 1.72. The Morgan fingerprint density at radius 2 is 1.94 bits per heavy atom. The first-order valence-electron chi connectivity index (χ1n) is 4.74. The fourth-order valence-corrected chi connectivity index (χ4v) is 1.09. The summed E-state index contributed by atoms with van der Waals surface area (Å²) < 4.78 is 4.88. The molecule has 1 aromatic rings. The summed E-state index contributed by atoms with van der Waals surface area (Å²) >= 11 is 5.27. The second kappa shape index (κ2) is 6.85. The normalized spacial score (nSPS) is 9.56. The molecule has 0 aromatic heterocycles. The van der Waals surface area contributed by atoms with E-state index in [1.165, 1.54) is 0 Å². The molecule has 0 aliphatic heterocycles. The Hall–Kier alpha value is -1.55. The monoisotopic (exact) mass is 241 g/mol. The third-order valence-corrected chi connectivity index (χ3v) is 2.09. The molecular weight excluding hydrogens is 230 g/mol. The van der Waals surface area contributed by atoms with Crippen LogP contribution in [-0.2, 0) is 16.1 Å². The lowest BCUT2D eigenvalue weighted by Crippen LogP contribution is -2.30. The van der Waals surface area contributed by atoms with Crippen molar-refractivity contribution in [1.29, 1.82) is 0 Å². The quantitative estimate of drug-likeness (QED) is 0.799. The van der Waals surface area contributed by atoms with Gasteiger partial charge in [-0.25, -0.2) is 4.79 Å². The van der Waals surface area contributed by atoms with Gasteiger partial charge in [0.25, 0.3) is 0 Å². The van der Waals surface area contributed by atoms with Gasteiger partial charge in [0.2, 0.25) is 0 Å². The first-order chi connectivity index (χ1) is 7.72. The number of alkyl halides is 1. The Labute approximate surface area is 98.5 Å². The number of amides is 1. The molecule has 4 nitrogen and oxygen atoms in total. The lowest BCUT2D eigenvalue weighted by molar-refractivity contribution is -0.115. The summed E-state index contributed by atoms with van der Waals surface area (Å²) in [7, 11) is 0. The van der Waals surface area contributed by atoms with Crippen molar-refractivity contribution in [3.63, 3.8) is 0 Å². The number of carbonyl (C=O) groups is 2. The highest BCUT2D eigenvalue weighted by Crippen LogP contribution is 2.00. The standard InChI is InChI=1S/C11H12ClNO3/c12-6-10(14)7-13-11(15)16-8-9-4-2-1-3-5-9/h1-5H,6-8H2,(H,13,15). The number of nitrogens with one attached hydrogen (secondary N) is 1. The summed E-state index contributed by atoms with van der Waals surface area (Å²) in [6.45, 7) is 0.0822. The van der Waals surface area contributed by atoms with Gasteiger partial charge in [0.05, 0.1) is 12.4 Å². The lowest BCUT2D eigenvalue weighted by atomic mass is 10.2. The van der Waals surface area contributed by atoms with Crippen LogP contribution < -0.4 is 5.32 Å². The van der Waals surface area contributed by atoms with Gasteiger partial charge in [-0.05, 0) is 5.56 Å². The van der Waals surface area contributed by atoms with Crippen LogP contribution in [0.3, 0.4) is 0 Å². The van der Waals surface area contributed by atoms with Crippen LogP contribution in [0.1, 0.15) is 5.56 Å². The van der Waals surface area contributed by atoms with E-state index in [0.29, 0.717) is 0 Å². The van der Waals surface area contributed by atoms with Gasteiger partial charge in [-0.1, -0.05) is 30.3 Å². The van der Waals surface area contributed by atoms with Gasteiger partial charge in [0.1, 0.15) is 6.61 Å². The van der Waals surface area contributed by atoms with E-state index in [1.807, 2.05) is 30.3 Å². The zero-order valence-corrected chi connectivity index (χ0v) is 9.37. The number of benzene rings is 1. The van der Waals surface area contributed by atoms with E-state index in [2.05, 4.69) is 5.32 Å². The van der Waals surface area contributed by atoms with Gasteiger partial charge in [0.15, 0.2) is 5.78 Å². The van der Waals surface area contributed by atoms with Crippen LogP contribution in [0.25, 0.3) is 0 Å². The Balaban J connectivity index is 2.23. The number of alkyl carbamates (subject to hydrolysis) is 1. The molecule has 1 rings (SSSR count). The number of hydrogen-bond acceptors (Lipinski definition) is 3. The topological polar surface area (TPSA) is 55.4 Å². The highest BCUT2D eigenvalue weighted by Gasteiger charge is 2.05. The van der Waals surface area contributed by atoms with Gasteiger partial charge in [-0.3, -0.25) is 4.79 Å². The minimum absolute atomic E-state index is 0.100. The summed E-state index contributed by atoms with van der Waals surface area (Å²) in [5.74, 6) is -0.364. The number of rotatable bonds is 5. The van der Waals surface area contributed by atoms with Gasteiger partial charge < -0.3 is 10.1 Å². The van der Waals surface area contributed by atoms with E-state index >= 15 is 0 Å². The minimum atomic E-state index is -0.623. The third-order valence-electron chi connectivity index (χ3n) is 1.79. The second-order valence-corrected chi connectivity index (χ2v) is 3.35. The maximum Gasteiger partial charge on any atom is 0.407 e. The summed E-state index contributed by atoms with van der Waals surface area (Å²) in [6.07, 6.45) is -0.623. The van der Waals surface area contributed by atoms with Gasteiger partial charge in [0, 0.05) is 0 Å². The van der Waals surface area contributed by atoms with E-state index in [-0.39, 0.29) is 24.8 Å². The van der Waals surface area contributed by atoms with Crippen LogP contribution >= 0.6 is 11.6 Å². The van der Waals surface area contributed by atoms with E-state index in [1.54, 1.807) is 0 Å². The Morgan fingerprint density at radius 3 is 2.56 bits per heavy atom. The fraction of sp³-hybridized carbons (Fsp3) is 0.273. The summed E-state index contributed by atoms with van der Waals surface area (Å²) in [5, 5.41) is 2.31. The maximum atomic E-state index is 11.1. The van der Waals surface area contributed by atoms with Crippen molar-refractivity contribution in [2.45, 2.75) is 6.61 Å². The van der Waals surface area contributed by atoms with Crippen molar-refractivity contribution in [1.82, 2.24) is 5.32 Å². The molecule has 16 heavy (non-hydrogen) atoms. The molecule has 1 aromatic carbocycles. The Bertz CT molecular complexity index is 354. The van der Waals surface area contributed by atoms with E-state index < -0.39 is 6.09 Å². The van der Waals surface area contributed by atoms with Crippen LogP contribution in [0, 0.1) is 0 Å². The molecule has 0 bridgehead atoms. The van der Waals surface area contributed by atoms with Crippen LogP contribution in [0.2, 0.25) is 0 Å². The van der Waals surface area contributed by atoms with Gasteiger partial charge in [-0.15, -0.1) is 11.6 Å². The molecule has 0 unspecified atom stereocenters. The van der Waals surface area contributed by atoms with Crippen molar-refractivity contribution in [3.8, 4) is 0 Å². The highest BCUT2D eigenvalue weighted by molar-refractivity contribution is 6.28. The summed E-state index contributed by atoms with van der Waals surface area (Å²) in [6, 6.07) is 9.28. The van der Waals surface area contributed by atoms with Gasteiger partial charge in [-0.2, -0.15) is 0 Å². The predicted molar refractivity (Wildman–Crippen MR) is 60.4 cm³/mol. The van der Waals surface area contributed by atoms with E-state index in [9.17, 15) is 9.59 Å². The molecule has 0 fully saturated rings. The lowest BCUT2D eigenvalue weighted by Gasteiger charge is -2.05. The highest BCUT2D eigenvalue weighted by atomic mass is 35.5. The van der Waals surface area contributed by atoms with Crippen molar-refractivity contribution in [2.75, 3.05) is 12.4 Å². The number of halogens is 1. The molecule has 0 spiro atoms. The van der Waals surface area contributed by atoms with Crippen LogP contribution in [-0.4, -0.2) is 24.3 Å². The van der Waals surface area contributed by atoms with E-state index in [4.69, 9.17) is 16.3 Å². The van der Waals surface area contributed by atoms with E-state index in [0.717, 1.165) is 5.56 Å². The molecule has 0 aliphatic carbocycles. The summed E-state index contributed by atoms with van der Waals surface area (Å²) in [5.41, 5.74) is 0.890. The molecule has 0 saturated carbocycles. The molecule has 86 valence electrons. The van der Waals surface area contributed by atoms with Gasteiger partial charge >= 0.3 is 6.09 Å². The molecule has 0 aliphatic rings. The number of ketones is 1. The van der Waals surface area contributed by atoms with Crippen molar-refractivity contribution in [3.05, 3.63) is 35.9 Å². The smallest absolute Gasteiger partial charge is 0.407 e. The maximum absolute atomic E-state index is 11.1. The second-order valence-electron chi connectivity index (χ2n) is 3.09. The summed E-state index contributed by atoms with van der Waals surface area (Å²) in [4.78, 5) is 21.9. The molecular formula is C11H12ClNO3. The largest absolute Gasteiger partial charge is 0.445 e. The number of ether oxygens (including phenoxy) is 1. The molecule has 5 heteroatoms. The van der Waals surface area contributed by atoms with Crippen LogP contribution in [0.4, 0.5) is 4.79 Å². The molecule has 0 saturated heterocycles. The first-order valence-corrected chi connectivity index (χ1v) is 5.28. The average molecular weight is 242 g/mol. The molecule has 1 amide bonds.